The van der Waals surface area contributed by atoms with Crippen molar-refractivity contribution >= 4 is 27.0 Å². The first kappa shape index (κ1) is 14.9. The molecule has 1 saturated carbocycles. The molecular formula is C16H21BrN2O2. The van der Waals surface area contributed by atoms with E-state index in [1.165, 1.54) is 25.7 Å². The summed E-state index contributed by atoms with van der Waals surface area (Å²) in [6.07, 6.45) is 5.35. The summed E-state index contributed by atoms with van der Waals surface area (Å²) in [4.78, 5) is 12.0. The number of hydrogen-bond acceptors (Lipinski definition) is 2. The third-order valence-electron chi connectivity index (χ3n) is 4.78. The van der Waals surface area contributed by atoms with Gasteiger partial charge in [0.25, 0.3) is 0 Å². The van der Waals surface area contributed by atoms with Crippen molar-refractivity contribution in [2.45, 2.75) is 38.2 Å². The van der Waals surface area contributed by atoms with E-state index in [4.69, 9.17) is 0 Å². The second-order valence-electron chi connectivity index (χ2n) is 6.17. The Labute approximate surface area is 132 Å². The highest BCUT2D eigenvalue weighted by atomic mass is 79.9. The molecule has 1 aromatic carbocycles. The van der Waals surface area contributed by atoms with Crippen molar-refractivity contribution in [2.75, 3.05) is 0 Å². The van der Waals surface area contributed by atoms with Crippen molar-refractivity contribution in [3.8, 4) is 0 Å². The quantitative estimate of drug-likeness (QED) is 0.921. The number of nitrogens with zero attached hydrogens (tertiary/aromatic N) is 2. The summed E-state index contributed by atoms with van der Waals surface area (Å²) in [6.45, 7) is 0. The summed E-state index contributed by atoms with van der Waals surface area (Å²) in [5.41, 5.74) is 2.59. The van der Waals surface area contributed by atoms with E-state index in [9.17, 15) is 9.90 Å². The number of fused-ring (bicyclic) bond motifs is 1. The molecule has 5 heteroatoms. The molecule has 0 saturated heterocycles. The molecule has 21 heavy (non-hydrogen) atoms. The van der Waals surface area contributed by atoms with Crippen LogP contribution in [-0.4, -0.2) is 14.2 Å². The molecule has 0 spiro atoms. The molecule has 0 aliphatic heterocycles. The maximum Gasteiger partial charge on any atom is 0.328 e. The number of aryl methyl sites for hydroxylation is 2. The van der Waals surface area contributed by atoms with Crippen LogP contribution in [0.5, 0.6) is 0 Å². The fraction of sp³-hybridized carbons (Fsp3) is 0.562. The highest BCUT2D eigenvalue weighted by Crippen LogP contribution is 2.36. The van der Waals surface area contributed by atoms with Gasteiger partial charge in [-0.2, -0.15) is 0 Å². The average molecular weight is 353 g/mol. The molecule has 1 atom stereocenters. The van der Waals surface area contributed by atoms with Crippen LogP contribution < -0.4 is 5.69 Å². The van der Waals surface area contributed by atoms with Crippen molar-refractivity contribution < 1.29 is 5.11 Å². The molecule has 1 N–H and O–H groups in total. The summed E-state index contributed by atoms with van der Waals surface area (Å²) in [7, 11) is 3.54. The van der Waals surface area contributed by atoms with E-state index in [2.05, 4.69) is 15.9 Å². The Hall–Kier alpha value is -1.07. The number of rotatable bonds is 3. The minimum Gasteiger partial charge on any atom is -0.388 e. The van der Waals surface area contributed by atoms with Gasteiger partial charge >= 0.3 is 5.69 Å². The first-order valence-electron chi connectivity index (χ1n) is 7.52. The van der Waals surface area contributed by atoms with Crippen molar-refractivity contribution in [3.05, 3.63) is 32.7 Å². The highest BCUT2D eigenvalue weighted by molar-refractivity contribution is 9.10. The Bertz CT molecular complexity index is 726. The van der Waals surface area contributed by atoms with Gasteiger partial charge in [-0.1, -0.05) is 41.6 Å². The van der Waals surface area contributed by atoms with Crippen molar-refractivity contribution in [1.82, 2.24) is 9.13 Å². The van der Waals surface area contributed by atoms with Crippen LogP contribution in [0.2, 0.25) is 0 Å². The van der Waals surface area contributed by atoms with Gasteiger partial charge in [-0.3, -0.25) is 9.13 Å². The molecule has 0 amide bonds. The first-order valence-corrected chi connectivity index (χ1v) is 8.31. The van der Waals surface area contributed by atoms with E-state index < -0.39 is 6.10 Å². The fourth-order valence-corrected chi connectivity index (χ4v) is 4.08. The Kier molecular flexibility index (Phi) is 3.97. The normalized spacial score (nSPS) is 17.7. The summed E-state index contributed by atoms with van der Waals surface area (Å²) < 4.78 is 4.14. The van der Waals surface area contributed by atoms with Gasteiger partial charge in [0, 0.05) is 18.6 Å². The lowest BCUT2D eigenvalue weighted by Gasteiger charge is -2.17. The Morgan fingerprint density at radius 3 is 2.43 bits per heavy atom. The lowest BCUT2D eigenvalue weighted by molar-refractivity contribution is 0.144. The summed E-state index contributed by atoms with van der Waals surface area (Å²) in [5, 5.41) is 10.6. The van der Waals surface area contributed by atoms with Crippen LogP contribution in [0.3, 0.4) is 0 Å². The number of hydrogen-bond donors (Lipinski definition) is 1. The van der Waals surface area contributed by atoms with Crippen LogP contribution >= 0.6 is 15.9 Å². The fourth-order valence-electron chi connectivity index (χ4n) is 3.48. The Balaban J connectivity index is 2.00. The van der Waals surface area contributed by atoms with Crippen LogP contribution in [0.15, 0.2) is 21.4 Å². The maximum absolute atomic E-state index is 12.0. The van der Waals surface area contributed by atoms with E-state index in [0.717, 1.165) is 27.5 Å². The molecule has 114 valence electrons. The van der Waals surface area contributed by atoms with E-state index in [0.29, 0.717) is 5.92 Å². The van der Waals surface area contributed by atoms with E-state index >= 15 is 0 Å². The summed E-state index contributed by atoms with van der Waals surface area (Å²) in [6, 6.07) is 3.88. The zero-order valence-electron chi connectivity index (χ0n) is 12.5. The lowest BCUT2D eigenvalue weighted by Crippen LogP contribution is -2.19. The standard InChI is InChI=1S/C16H21BrN2O2/c1-18-13-8-11(15(20)7-10-5-3-4-6-10)12(17)9-14(13)19(2)16(18)21/h8-10,15,20H,3-7H2,1-2H3. The molecule has 1 aromatic heterocycles. The van der Waals surface area contributed by atoms with E-state index in [1.807, 2.05) is 12.1 Å². The van der Waals surface area contributed by atoms with Gasteiger partial charge < -0.3 is 5.11 Å². The first-order chi connectivity index (χ1) is 9.99. The number of aromatic nitrogens is 2. The topological polar surface area (TPSA) is 47.2 Å². The lowest BCUT2D eigenvalue weighted by atomic mass is 9.95. The Morgan fingerprint density at radius 2 is 1.81 bits per heavy atom. The molecule has 2 aromatic rings. The minimum atomic E-state index is -0.470. The molecule has 3 rings (SSSR count). The average Bonchev–Trinajstić information content (AvgIpc) is 3.03. The van der Waals surface area contributed by atoms with Crippen molar-refractivity contribution in [3.63, 3.8) is 0 Å². The number of imidazole rings is 1. The highest BCUT2D eigenvalue weighted by Gasteiger charge is 2.22. The molecule has 1 aliphatic carbocycles. The third-order valence-corrected chi connectivity index (χ3v) is 5.47. The third kappa shape index (κ3) is 2.57. The van der Waals surface area contributed by atoms with Gasteiger partial charge in [0.15, 0.2) is 0 Å². The van der Waals surface area contributed by atoms with Crippen molar-refractivity contribution in [2.24, 2.45) is 20.0 Å². The van der Waals surface area contributed by atoms with E-state index in [-0.39, 0.29) is 5.69 Å². The van der Waals surface area contributed by atoms with Gasteiger partial charge in [0.1, 0.15) is 0 Å². The predicted octanol–water partition coefficient (Wildman–Crippen LogP) is 3.25. The number of aliphatic hydroxyl groups is 1. The molecular weight excluding hydrogens is 332 g/mol. The number of aliphatic hydroxyl groups excluding tert-OH is 1. The van der Waals surface area contributed by atoms with Gasteiger partial charge in [0.05, 0.1) is 17.1 Å². The van der Waals surface area contributed by atoms with E-state index in [1.54, 1.807) is 23.2 Å². The molecule has 1 fully saturated rings. The van der Waals surface area contributed by atoms with Crippen molar-refractivity contribution in [1.29, 1.82) is 0 Å². The minimum absolute atomic E-state index is 0.0423. The monoisotopic (exact) mass is 352 g/mol. The summed E-state index contributed by atoms with van der Waals surface area (Å²) in [5.74, 6) is 0.627. The van der Waals surface area contributed by atoms with Gasteiger partial charge in [-0.15, -0.1) is 0 Å². The van der Waals surface area contributed by atoms with Gasteiger partial charge in [0.2, 0.25) is 0 Å². The molecule has 1 heterocycles. The van der Waals surface area contributed by atoms with Crippen LogP contribution in [0.1, 0.15) is 43.8 Å². The van der Waals surface area contributed by atoms with Crippen LogP contribution in [0.25, 0.3) is 11.0 Å². The zero-order valence-corrected chi connectivity index (χ0v) is 14.1. The van der Waals surface area contributed by atoms with Gasteiger partial charge in [-0.25, -0.2) is 4.79 Å². The zero-order chi connectivity index (χ0) is 15.1. The second kappa shape index (κ2) is 5.61. The van der Waals surface area contributed by atoms with Crippen LogP contribution in [-0.2, 0) is 14.1 Å². The maximum atomic E-state index is 12.0. The Morgan fingerprint density at radius 1 is 1.24 bits per heavy atom. The summed E-state index contributed by atoms with van der Waals surface area (Å²) >= 11 is 3.55. The molecule has 0 radical (unpaired) electrons. The molecule has 4 nitrogen and oxygen atoms in total. The number of halogens is 1. The van der Waals surface area contributed by atoms with Gasteiger partial charge in [-0.05, 0) is 30.0 Å². The SMILES string of the molecule is Cn1c(=O)n(C)c2cc(C(O)CC3CCCC3)c(Br)cc21. The molecule has 1 aliphatic rings. The smallest absolute Gasteiger partial charge is 0.328 e. The molecule has 0 bridgehead atoms. The van der Waals surface area contributed by atoms with Crippen LogP contribution in [0, 0.1) is 5.92 Å². The largest absolute Gasteiger partial charge is 0.388 e. The molecule has 1 unspecified atom stereocenters. The predicted molar refractivity (Wildman–Crippen MR) is 87.4 cm³/mol. The second-order valence-corrected chi connectivity index (χ2v) is 7.02. The van der Waals surface area contributed by atoms with Crippen LogP contribution in [0.4, 0.5) is 0 Å². The number of benzene rings is 1.